The van der Waals surface area contributed by atoms with E-state index in [-0.39, 0.29) is 6.03 Å². The largest absolute Gasteiger partial charge is 0.497 e. The van der Waals surface area contributed by atoms with Crippen LogP contribution in [-0.2, 0) is 6.42 Å². The van der Waals surface area contributed by atoms with Crippen molar-refractivity contribution in [3.8, 4) is 22.8 Å². The maximum atomic E-state index is 12.8. The number of nitrogens with one attached hydrogen (secondary N) is 1. The van der Waals surface area contributed by atoms with Crippen LogP contribution in [0.5, 0.6) is 11.5 Å². The van der Waals surface area contributed by atoms with Crippen LogP contribution in [0.1, 0.15) is 12.5 Å². The molecule has 1 aliphatic rings. The predicted molar refractivity (Wildman–Crippen MR) is 129 cm³/mol. The quantitative estimate of drug-likeness (QED) is 0.613. The number of methoxy groups -OCH3 is 2. The summed E-state index contributed by atoms with van der Waals surface area (Å²) in [4.78, 5) is 16.7. The summed E-state index contributed by atoms with van der Waals surface area (Å²) in [6.07, 6.45) is 1.02. The van der Waals surface area contributed by atoms with Crippen LogP contribution in [-0.4, -0.2) is 61.5 Å². The molecule has 2 heterocycles. The second-order valence-corrected chi connectivity index (χ2v) is 7.80. The number of benzene rings is 2. The van der Waals surface area contributed by atoms with E-state index in [4.69, 9.17) is 9.47 Å². The number of piperazine rings is 1. The zero-order chi connectivity index (χ0) is 23.2. The third kappa shape index (κ3) is 5.16. The van der Waals surface area contributed by atoms with E-state index in [0.717, 1.165) is 23.5 Å². The van der Waals surface area contributed by atoms with Crippen molar-refractivity contribution in [2.75, 3.05) is 50.6 Å². The molecule has 2 amide bonds. The molecule has 33 heavy (non-hydrogen) atoms. The summed E-state index contributed by atoms with van der Waals surface area (Å²) in [5.74, 6) is 2.05. The third-order valence-corrected chi connectivity index (χ3v) is 5.85. The van der Waals surface area contributed by atoms with E-state index in [1.165, 1.54) is 5.56 Å². The van der Waals surface area contributed by atoms with Crippen molar-refractivity contribution in [1.29, 1.82) is 0 Å². The van der Waals surface area contributed by atoms with Crippen LogP contribution in [0.25, 0.3) is 11.3 Å². The van der Waals surface area contributed by atoms with Gasteiger partial charge in [-0.15, -0.1) is 10.2 Å². The van der Waals surface area contributed by atoms with Crippen molar-refractivity contribution in [2.24, 2.45) is 0 Å². The third-order valence-electron chi connectivity index (χ3n) is 5.85. The van der Waals surface area contributed by atoms with E-state index < -0.39 is 0 Å². The molecule has 0 bridgehead atoms. The molecule has 0 unspecified atom stereocenters. The monoisotopic (exact) mass is 447 g/mol. The number of aryl methyl sites for hydroxylation is 1. The van der Waals surface area contributed by atoms with Gasteiger partial charge in [-0.1, -0.05) is 31.2 Å². The Kier molecular flexibility index (Phi) is 6.92. The lowest BCUT2D eigenvalue weighted by Crippen LogP contribution is -2.50. The van der Waals surface area contributed by atoms with Gasteiger partial charge in [-0.25, -0.2) is 4.79 Å². The minimum Gasteiger partial charge on any atom is -0.497 e. The Morgan fingerprint density at radius 3 is 2.30 bits per heavy atom. The van der Waals surface area contributed by atoms with Crippen LogP contribution in [0.2, 0.25) is 0 Å². The molecule has 1 saturated heterocycles. The average molecular weight is 448 g/mol. The zero-order valence-electron chi connectivity index (χ0n) is 19.2. The van der Waals surface area contributed by atoms with Crippen molar-refractivity contribution in [3.63, 3.8) is 0 Å². The van der Waals surface area contributed by atoms with Crippen LogP contribution in [0, 0.1) is 0 Å². The number of urea groups is 1. The summed E-state index contributed by atoms with van der Waals surface area (Å²) in [6, 6.07) is 17.5. The standard InChI is InChI=1S/C25H29N5O3/c1-4-18-5-7-19(8-6-18)21-11-12-24(28-27-21)29-13-15-30(16-14-29)25(31)26-22-10-9-20(32-2)17-23(22)33-3/h5-12,17H,4,13-16H2,1-3H3,(H,26,31). The highest BCUT2D eigenvalue weighted by Gasteiger charge is 2.23. The highest BCUT2D eigenvalue weighted by Crippen LogP contribution is 2.29. The van der Waals surface area contributed by atoms with E-state index in [1.54, 1.807) is 37.3 Å². The Bertz CT molecular complexity index is 1080. The number of carbonyl (C=O) groups is 1. The number of hydrogen-bond donors (Lipinski definition) is 1. The molecule has 2 aromatic carbocycles. The summed E-state index contributed by atoms with van der Waals surface area (Å²) in [6.45, 7) is 4.69. The first kappa shape index (κ1) is 22.4. The Balaban J connectivity index is 1.34. The Hall–Kier alpha value is -3.81. The van der Waals surface area contributed by atoms with Gasteiger partial charge in [0.1, 0.15) is 11.5 Å². The van der Waals surface area contributed by atoms with E-state index in [0.29, 0.717) is 43.4 Å². The summed E-state index contributed by atoms with van der Waals surface area (Å²) in [7, 11) is 3.16. The zero-order valence-corrected chi connectivity index (χ0v) is 19.2. The number of aromatic nitrogens is 2. The van der Waals surface area contributed by atoms with Crippen LogP contribution in [0.3, 0.4) is 0 Å². The fraction of sp³-hybridized carbons (Fsp3) is 0.320. The minimum atomic E-state index is -0.157. The summed E-state index contributed by atoms with van der Waals surface area (Å²) >= 11 is 0. The van der Waals surface area contributed by atoms with Gasteiger partial charge in [-0.3, -0.25) is 0 Å². The topological polar surface area (TPSA) is 79.8 Å². The molecule has 1 N–H and O–H groups in total. The number of nitrogens with zero attached hydrogens (tertiary/aromatic N) is 4. The van der Waals surface area contributed by atoms with E-state index in [1.807, 2.05) is 12.1 Å². The fourth-order valence-electron chi connectivity index (χ4n) is 3.79. The predicted octanol–water partition coefficient (Wildman–Crippen LogP) is 4.08. The van der Waals surface area contributed by atoms with Crippen molar-refractivity contribution in [2.45, 2.75) is 13.3 Å². The van der Waals surface area contributed by atoms with Gasteiger partial charge in [0.25, 0.3) is 0 Å². The molecule has 172 valence electrons. The van der Waals surface area contributed by atoms with Gasteiger partial charge < -0.3 is 24.6 Å². The van der Waals surface area contributed by atoms with Gasteiger partial charge in [0.2, 0.25) is 0 Å². The van der Waals surface area contributed by atoms with Crippen molar-refractivity contribution >= 4 is 17.5 Å². The first-order valence-electron chi connectivity index (χ1n) is 11.1. The summed E-state index contributed by atoms with van der Waals surface area (Å²) in [5, 5.41) is 11.8. The van der Waals surface area contributed by atoms with E-state index in [2.05, 4.69) is 51.6 Å². The molecule has 1 aromatic heterocycles. The van der Waals surface area contributed by atoms with Gasteiger partial charge in [-0.2, -0.15) is 0 Å². The molecule has 1 fully saturated rings. The summed E-state index contributed by atoms with van der Waals surface area (Å²) in [5.41, 5.74) is 3.82. The second-order valence-electron chi connectivity index (χ2n) is 7.80. The van der Waals surface area contributed by atoms with E-state index in [9.17, 15) is 4.79 Å². The Morgan fingerprint density at radius 2 is 1.70 bits per heavy atom. The Morgan fingerprint density at radius 1 is 0.939 bits per heavy atom. The molecular weight excluding hydrogens is 418 g/mol. The number of rotatable bonds is 6. The number of ether oxygens (including phenoxy) is 2. The van der Waals surface area contributed by atoms with Crippen molar-refractivity contribution in [1.82, 2.24) is 15.1 Å². The number of anilines is 2. The lowest BCUT2D eigenvalue weighted by molar-refractivity contribution is 0.208. The highest BCUT2D eigenvalue weighted by atomic mass is 16.5. The fourth-order valence-corrected chi connectivity index (χ4v) is 3.79. The molecule has 0 saturated carbocycles. The summed E-state index contributed by atoms with van der Waals surface area (Å²) < 4.78 is 10.6. The first-order valence-corrected chi connectivity index (χ1v) is 11.1. The smallest absolute Gasteiger partial charge is 0.322 e. The van der Waals surface area contributed by atoms with Gasteiger partial charge in [0, 0.05) is 37.8 Å². The maximum absolute atomic E-state index is 12.8. The molecule has 3 aromatic rings. The number of carbonyl (C=O) groups excluding carboxylic acids is 1. The highest BCUT2D eigenvalue weighted by molar-refractivity contribution is 5.91. The number of hydrogen-bond acceptors (Lipinski definition) is 6. The van der Waals surface area contributed by atoms with Crippen molar-refractivity contribution < 1.29 is 14.3 Å². The van der Waals surface area contributed by atoms with Crippen LogP contribution >= 0.6 is 0 Å². The molecule has 4 rings (SSSR count). The molecule has 0 aliphatic carbocycles. The van der Waals surface area contributed by atoms with Crippen LogP contribution < -0.4 is 19.7 Å². The SMILES string of the molecule is CCc1ccc(-c2ccc(N3CCN(C(=O)Nc4ccc(OC)cc4OC)CC3)nn2)cc1. The minimum absolute atomic E-state index is 0.157. The van der Waals surface area contributed by atoms with Crippen LogP contribution in [0.4, 0.5) is 16.3 Å². The lowest BCUT2D eigenvalue weighted by Gasteiger charge is -2.35. The van der Waals surface area contributed by atoms with Gasteiger partial charge in [0.05, 0.1) is 25.6 Å². The van der Waals surface area contributed by atoms with Crippen LogP contribution in [0.15, 0.2) is 54.6 Å². The van der Waals surface area contributed by atoms with Gasteiger partial charge >= 0.3 is 6.03 Å². The normalized spacial score (nSPS) is 13.5. The average Bonchev–Trinajstić information content (AvgIpc) is 2.89. The molecule has 0 atom stereocenters. The Labute approximate surface area is 194 Å². The maximum Gasteiger partial charge on any atom is 0.322 e. The molecule has 8 heteroatoms. The van der Waals surface area contributed by atoms with Gasteiger partial charge in [0.15, 0.2) is 5.82 Å². The van der Waals surface area contributed by atoms with Crippen molar-refractivity contribution in [3.05, 3.63) is 60.2 Å². The second kappa shape index (κ2) is 10.2. The molecule has 0 radical (unpaired) electrons. The number of amides is 2. The van der Waals surface area contributed by atoms with E-state index >= 15 is 0 Å². The van der Waals surface area contributed by atoms with Gasteiger partial charge in [-0.05, 0) is 36.2 Å². The lowest BCUT2D eigenvalue weighted by atomic mass is 10.1. The molecular formula is C25H29N5O3. The first-order chi connectivity index (χ1) is 16.1. The molecule has 0 spiro atoms. The molecule has 8 nitrogen and oxygen atoms in total. The molecule has 1 aliphatic heterocycles.